The maximum atomic E-state index is 13.1. The molecule has 3 aliphatic rings. The number of pyridine rings is 1. The van der Waals surface area contributed by atoms with Crippen LogP contribution in [-0.2, 0) is 4.79 Å². The molecule has 0 atom stereocenters. The van der Waals surface area contributed by atoms with Gasteiger partial charge in [-0.2, -0.15) is 0 Å². The molecular weight excluding hydrogens is 444 g/mol. The van der Waals surface area contributed by atoms with Gasteiger partial charge in [-0.3, -0.25) is 19.4 Å². The van der Waals surface area contributed by atoms with E-state index in [1.165, 1.54) is 0 Å². The molecule has 3 heterocycles. The van der Waals surface area contributed by atoms with Crippen molar-refractivity contribution in [2.45, 2.75) is 19.3 Å². The van der Waals surface area contributed by atoms with Crippen LogP contribution >= 0.6 is 0 Å². The van der Waals surface area contributed by atoms with Crippen molar-refractivity contribution in [1.29, 1.82) is 0 Å². The summed E-state index contributed by atoms with van der Waals surface area (Å²) in [6.07, 6.45) is 5.91. The number of hydrogen-bond acceptors (Lipinski definition) is 6. The first-order chi connectivity index (χ1) is 17.1. The number of nitrogens with one attached hydrogen (secondary N) is 2. The first kappa shape index (κ1) is 23.3. The molecule has 1 aliphatic carbocycles. The molecule has 0 unspecified atom stereocenters. The molecule has 5 rings (SSSR count). The van der Waals surface area contributed by atoms with E-state index >= 15 is 0 Å². The fourth-order valence-electron chi connectivity index (χ4n) is 4.71. The lowest BCUT2D eigenvalue weighted by atomic mass is 10.1. The van der Waals surface area contributed by atoms with E-state index in [9.17, 15) is 14.4 Å². The molecule has 1 aromatic heterocycles. The first-order valence-electron chi connectivity index (χ1n) is 12.5. The Morgan fingerprint density at radius 3 is 2.29 bits per heavy atom. The van der Waals surface area contributed by atoms with Crippen molar-refractivity contribution < 1.29 is 14.4 Å². The summed E-state index contributed by atoms with van der Waals surface area (Å²) in [5, 5.41) is 6.37. The van der Waals surface area contributed by atoms with Crippen LogP contribution in [0, 0.1) is 5.92 Å². The number of amides is 3. The van der Waals surface area contributed by atoms with Crippen LogP contribution in [0.4, 0.5) is 11.4 Å². The predicted molar refractivity (Wildman–Crippen MR) is 134 cm³/mol. The van der Waals surface area contributed by atoms with Crippen molar-refractivity contribution in [2.75, 3.05) is 62.6 Å². The van der Waals surface area contributed by atoms with E-state index in [4.69, 9.17) is 0 Å². The third kappa shape index (κ3) is 5.45. The van der Waals surface area contributed by atoms with Gasteiger partial charge in [-0.1, -0.05) is 0 Å². The number of piperazine rings is 1. The van der Waals surface area contributed by atoms with E-state index in [0.717, 1.165) is 44.6 Å². The van der Waals surface area contributed by atoms with Crippen molar-refractivity contribution in [3.63, 3.8) is 0 Å². The second kappa shape index (κ2) is 10.4. The quantitative estimate of drug-likeness (QED) is 0.683. The lowest BCUT2D eigenvalue weighted by molar-refractivity contribution is -0.117. The van der Waals surface area contributed by atoms with Gasteiger partial charge in [0.15, 0.2) is 0 Å². The average molecular weight is 477 g/mol. The first-order valence-corrected chi connectivity index (χ1v) is 12.5. The van der Waals surface area contributed by atoms with Gasteiger partial charge in [-0.25, -0.2) is 0 Å². The number of hydrogen-bond donors (Lipinski definition) is 2. The molecule has 0 bridgehead atoms. The number of benzene rings is 1. The van der Waals surface area contributed by atoms with Crippen molar-refractivity contribution >= 4 is 29.1 Å². The van der Waals surface area contributed by atoms with Crippen LogP contribution in [0.3, 0.4) is 0 Å². The molecule has 9 nitrogen and oxygen atoms in total. The Labute approximate surface area is 205 Å². The number of rotatable bonds is 5. The third-order valence-corrected chi connectivity index (χ3v) is 6.90. The fourth-order valence-corrected chi connectivity index (χ4v) is 4.71. The summed E-state index contributed by atoms with van der Waals surface area (Å²) in [6, 6.07) is 9.11. The second-order valence-corrected chi connectivity index (χ2v) is 9.41. The van der Waals surface area contributed by atoms with Gasteiger partial charge in [0.2, 0.25) is 5.91 Å². The average Bonchev–Trinajstić information content (AvgIpc) is 3.77. The van der Waals surface area contributed by atoms with Crippen LogP contribution in [0.5, 0.6) is 0 Å². The molecule has 0 spiro atoms. The lowest BCUT2D eigenvalue weighted by Crippen LogP contribution is -2.46. The van der Waals surface area contributed by atoms with E-state index in [1.807, 2.05) is 28.0 Å². The van der Waals surface area contributed by atoms with Gasteiger partial charge < -0.3 is 25.3 Å². The van der Waals surface area contributed by atoms with Crippen molar-refractivity contribution in [3.8, 4) is 0 Å². The number of anilines is 2. The molecule has 1 aromatic carbocycles. The fraction of sp³-hybridized carbons (Fsp3) is 0.462. The highest BCUT2D eigenvalue weighted by Crippen LogP contribution is 2.34. The van der Waals surface area contributed by atoms with Crippen LogP contribution in [0.2, 0.25) is 0 Å². The maximum absolute atomic E-state index is 13.1. The van der Waals surface area contributed by atoms with Gasteiger partial charge in [0.25, 0.3) is 11.8 Å². The summed E-state index contributed by atoms with van der Waals surface area (Å²) in [7, 11) is 0. The van der Waals surface area contributed by atoms with Gasteiger partial charge in [0.05, 0.1) is 11.4 Å². The van der Waals surface area contributed by atoms with Crippen molar-refractivity contribution in [2.24, 2.45) is 5.92 Å². The SMILES string of the molecule is O=C(Nc1cc(C(=O)N2CCNCC2)ccc1N1CCCN(C(=O)c2ccncc2)CC1)C1CC1. The maximum Gasteiger partial charge on any atom is 0.254 e. The smallest absolute Gasteiger partial charge is 0.254 e. The van der Waals surface area contributed by atoms with Gasteiger partial charge in [-0.15, -0.1) is 0 Å². The van der Waals surface area contributed by atoms with E-state index in [1.54, 1.807) is 24.5 Å². The van der Waals surface area contributed by atoms with Gasteiger partial charge in [0, 0.05) is 81.8 Å². The molecular formula is C26H32N6O3. The van der Waals surface area contributed by atoms with E-state index < -0.39 is 0 Å². The highest BCUT2D eigenvalue weighted by Gasteiger charge is 2.31. The topological polar surface area (TPSA) is 97.9 Å². The van der Waals surface area contributed by atoms with Crippen LogP contribution in [0.1, 0.15) is 40.0 Å². The summed E-state index contributed by atoms with van der Waals surface area (Å²) in [5.74, 6) is 0.0776. The normalized spacial score (nSPS) is 18.7. The summed E-state index contributed by atoms with van der Waals surface area (Å²) < 4.78 is 0. The van der Waals surface area contributed by atoms with E-state index in [-0.39, 0.29) is 23.6 Å². The van der Waals surface area contributed by atoms with Crippen LogP contribution in [-0.4, -0.2) is 84.9 Å². The Kier molecular flexibility index (Phi) is 6.94. The zero-order chi connectivity index (χ0) is 24.2. The monoisotopic (exact) mass is 476 g/mol. The minimum atomic E-state index is -0.00930. The number of nitrogens with zero attached hydrogens (tertiary/aromatic N) is 4. The highest BCUT2D eigenvalue weighted by atomic mass is 16.2. The number of aromatic nitrogens is 1. The summed E-state index contributed by atoms with van der Waals surface area (Å²) in [5.41, 5.74) is 2.80. The molecule has 9 heteroatoms. The molecule has 2 N–H and O–H groups in total. The molecule has 2 aliphatic heterocycles. The van der Waals surface area contributed by atoms with Crippen molar-refractivity contribution in [1.82, 2.24) is 20.1 Å². The van der Waals surface area contributed by atoms with Gasteiger partial charge >= 0.3 is 0 Å². The lowest BCUT2D eigenvalue weighted by Gasteiger charge is -2.29. The largest absolute Gasteiger partial charge is 0.368 e. The van der Waals surface area contributed by atoms with Gasteiger partial charge in [-0.05, 0) is 49.6 Å². The zero-order valence-corrected chi connectivity index (χ0v) is 19.9. The molecule has 3 amide bonds. The third-order valence-electron chi connectivity index (χ3n) is 6.90. The van der Waals surface area contributed by atoms with Crippen LogP contribution < -0.4 is 15.5 Å². The minimum absolute atomic E-state index is 0.00785. The van der Waals surface area contributed by atoms with E-state index in [0.29, 0.717) is 49.5 Å². The van der Waals surface area contributed by atoms with Gasteiger partial charge in [0.1, 0.15) is 0 Å². The summed E-state index contributed by atoms with van der Waals surface area (Å²) in [4.78, 5) is 48.6. The minimum Gasteiger partial charge on any atom is -0.368 e. The predicted octanol–water partition coefficient (Wildman–Crippen LogP) is 1.83. The molecule has 0 radical (unpaired) electrons. The Hall–Kier alpha value is -3.46. The molecule has 2 aromatic rings. The Bertz CT molecular complexity index is 1080. The molecule has 2 saturated heterocycles. The molecule has 1 saturated carbocycles. The standard InChI is InChI=1S/C26H32N6O3/c33-24(19-2-3-19)29-22-18-21(26(35)32-14-10-28-11-15-32)4-5-23(22)30-12-1-13-31(17-16-30)25(34)20-6-8-27-9-7-20/h4-9,18-19,28H,1-3,10-17H2,(H,29,33). The van der Waals surface area contributed by atoms with Crippen LogP contribution in [0.15, 0.2) is 42.7 Å². The zero-order valence-electron chi connectivity index (χ0n) is 19.9. The molecule has 35 heavy (non-hydrogen) atoms. The number of carbonyl (C=O) groups excluding carboxylic acids is 3. The highest BCUT2D eigenvalue weighted by molar-refractivity contribution is 6.01. The number of carbonyl (C=O) groups is 3. The second-order valence-electron chi connectivity index (χ2n) is 9.41. The Balaban J connectivity index is 1.35. The molecule has 184 valence electrons. The van der Waals surface area contributed by atoms with Crippen molar-refractivity contribution in [3.05, 3.63) is 53.9 Å². The summed E-state index contributed by atoms with van der Waals surface area (Å²) in [6.45, 7) is 5.59. The summed E-state index contributed by atoms with van der Waals surface area (Å²) >= 11 is 0. The Morgan fingerprint density at radius 1 is 0.829 bits per heavy atom. The van der Waals surface area contributed by atoms with E-state index in [2.05, 4.69) is 20.5 Å². The molecule has 3 fully saturated rings. The Morgan fingerprint density at radius 2 is 1.54 bits per heavy atom. The van der Waals surface area contributed by atoms with Crippen LogP contribution in [0.25, 0.3) is 0 Å².